The highest BCUT2D eigenvalue weighted by atomic mass is 19.1. The smallest absolute Gasteiger partial charge is 0.229 e. The minimum absolute atomic E-state index is 0.0726. The molecule has 0 spiro atoms. The zero-order valence-electron chi connectivity index (χ0n) is 15.9. The van der Waals surface area contributed by atoms with Gasteiger partial charge < -0.3 is 4.90 Å². The molecule has 27 heavy (non-hydrogen) atoms. The minimum Gasteiger partial charge on any atom is -0.309 e. The summed E-state index contributed by atoms with van der Waals surface area (Å²) < 4.78 is 27.0. The average molecular weight is 372 g/mol. The Hall–Kier alpha value is -2.27. The number of rotatable bonds is 5. The number of benzene rings is 2. The van der Waals surface area contributed by atoms with Gasteiger partial charge in [-0.2, -0.15) is 0 Å². The van der Waals surface area contributed by atoms with E-state index in [1.807, 2.05) is 49.1 Å². The molecule has 0 saturated carbocycles. The van der Waals surface area contributed by atoms with E-state index in [4.69, 9.17) is 0 Å². The summed E-state index contributed by atoms with van der Waals surface area (Å²) in [6.45, 7) is 5.85. The first-order valence-corrected chi connectivity index (χ1v) is 9.50. The van der Waals surface area contributed by atoms with Gasteiger partial charge in [-0.15, -0.1) is 0 Å². The third kappa shape index (κ3) is 4.72. The highest BCUT2D eigenvalue weighted by Gasteiger charge is 2.30. The van der Waals surface area contributed by atoms with Crippen molar-refractivity contribution in [2.24, 2.45) is 5.92 Å². The van der Waals surface area contributed by atoms with Crippen LogP contribution in [0.5, 0.6) is 0 Å². The third-order valence-electron chi connectivity index (χ3n) is 5.10. The van der Waals surface area contributed by atoms with E-state index in [1.54, 1.807) is 0 Å². The van der Waals surface area contributed by atoms with Crippen molar-refractivity contribution in [2.75, 3.05) is 18.0 Å². The second-order valence-electron chi connectivity index (χ2n) is 7.44. The lowest BCUT2D eigenvalue weighted by atomic mass is 9.99. The minimum atomic E-state index is -0.555. The molecule has 1 heterocycles. The van der Waals surface area contributed by atoms with Gasteiger partial charge in [0.2, 0.25) is 5.91 Å². The van der Waals surface area contributed by atoms with Crippen LogP contribution < -0.4 is 4.90 Å². The summed E-state index contributed by atoms with van der Waals surface area (Å²) in [7, 11) is 0. The van der Waals surface area contributed by atoms with Crippen LogP contribution in [0, 0.1) is 17.6 Å². The molecule has 0 bridgehead atoms. The fourth-order valence-electron chi connectivity index (χ4n) is 3.61. The highest BCUT2D eigenvalue weighted by Crippen LogP contribution is 2.26. The molecule has 1 fully saturated rings. The zero-order valence-corrected chi connectivity index (χ0v) is 15.9. The predicted octanol–water partition coefficient (Wildman–Crippen LogP) is 4.62. The molecule has 0 aliphatic carbocycles. The third-order valence-corrected chi connectivity index (χ3v) is 5.10. The molecular weight excluding hydrogens is 346 g/mol. The fourth-order valence-corrected chi connectivity index (χ4v) is 3.61. The maximum absolute atomic E-state index is 13.9. The maximum Gasteiger partial charge on any atom is 0.229 e. The number of piperidine rings is 1. The number of para-hydroxylation sites is 1. The van der Waals surface area contributed by atoms with Crippen LogP contribution in [0.4, 0.5) is 14.5 Å². The standard InChI is InChI=1S/C22H26F2N2O/c1-16(2)22(27)26(19-6-4-3-5-7-19)20-10-12-25(13-11-20)15-17-8-9-18(23)14-21(17)24/h3-9,14,16,20H,10-13,15H2,1-2H3. The van der Waals surface area contributed by atoms with Gasteiger partial charge in [-0.05, 0) is 31.0 Å². The number of carbonyl (C=O) groups is 1. The maximum atomic E-state index is 13.9. The molecule has 0 aromatic heterocycles. The van der Waals surface area contributed by atoms with Crippen LogP contribution in [0.25, 0.3) is 0 Å². The molecule has 3 rings (SSSR count). The van der Waals surface area contributed by atoms with E-state index < -0.39 is 11.6 Å². The van der Waals surface area contributed by atoms with Crippen molar-refractivity contribution in [1.82, 2.24) is 4.90 Å². The van der Waals surface area contributed by atoms with Gasteiger partial charge in [-0.25, -0.2) is 8.78 Å². The number of halogens is 2. The molecule has 1 saturated heterocycles. The number of hydrogen-bond acceptors (Lipinski definition) is 2. The van der Waals surface area contributed by atoms with E-state index in [0.717, 1.165) is 37.7 Å². The van der Waals surface area contributed by atoms with Gasteiger partial charge in [0.05, 0.1) is 0 Å². The van der Waals surface area contributed by atoms with Gasteiger partial charge in [-0.3, -0.25) is 9.69 Å². The molecule has 3 nitrogen and oxygen atoms in total. The summed E-state index contributed by atoms with van der Waals surface area (Å²) in [6.07, 6.45) is 1.66. The lowest BCUT2D eigenvalue weighted by Crippen LogP contribution is -2.48. The molecule has 0 atom stereocenters. The molecule has 0 unspecified atom stereocenters. The lowest BCUT2D eigenvalue weighted by molar-refractivity contribution is -0.122. The summed E-state index contributed by atoms with van der Waals surface area (Å²) in [5.74, 6) is -1.00. The lowest BCUT2D eigenvalue weighted by Gasteiger charge is -2.39. The van der Waals surface area contributed by atoms with E-state index in [1.165, 1.54) is 12.1 Å². The van der Waals surface area contributed by atoms with E-state index in [9.17, 15) is 13.6 Å². The number of carbonyl (C=O) groups excluding carboxylic acids is 1. The molecule has 0 N–H and O–H groups in total. The average Bonchev–Trinajstić information content (AvgIpc) is 2.66. The SMILES string of the molecule is CC(C)C(=O)N(c1ccccc1)C1CCN(Cc2ccc(F)cc2F)CC1. The molecule has 1 amide bonds. The van der Waals surface area contributed by atoms with Gasteiger partial charge >= 0.3 is 0 Å². The summed E-state index contributed by atoms with van der Waals surface area (Å²) in [6, 6.07) is 13.7. The van der Waals surface area contributed by atoms with Gasteiger partial charge in [0.25, 0.3) is 0 Å². The highest BCUT2D eigenvalue weighted by molar-refractivity contribution is 5.95. The monoisotopic (exact) mass is 372 g/mol. The summed E-state index contributed by atoms with van der Waals surface area (Å²) in [4.78, 5) is 16.9. The Morgan fingerprint density at radius 3 is 2.37 bits per heavy atom. The first-order valence-electron chi connectivity index (χ1n) is 9.50. The number of amides is 1. The van der Waals surface area contributed by atoms with Crippen LogP contribution in [0.1, 0.15) is 32.3 Å². The van der Waals surface area contributed by atoms with Crippen LogP contribution in [0.2, 0.25) is 0 Å². The summed E-state index contributed by atoms with van der Waals surface area (Å²) in [5.41, 5.74) is 1.44. The molecule has 2 aromatic rings. The van der Waals surface area contributed by atoms with Crippen molar-refractivity contribution < 1.29 is 13.6 Å². The Kier molecular flexibility index (Phi) is 6.22. The van der Waals surface area contributed by atoms with Gasteiger partial charge in [0.15, 0.2) is 0 Å². The largest absolute Gasteiger partial charge is 0.309 e. The number of nitrogens with zero attached hydrogens (tertiary/aromatic N) is 2. The molecule has 0 radical (unpaired) electrons. The van der Waals surface area contributed by atoms with Crippen LogP contribution in [0.3, 0.4) is 0 Å². The second-order valence-corrected chi connectivity index (χ2v) is 7.44. The molecule has 144 valence electrons. The fraction of sp³-hybridized carbons (Fsp3) is 0.409. The topological polar surface area (TPSA) is 23.6 Å². The molecule has 5 heteroatoms. The van der Waals surface area contributed by atoms with Crippen molar-refractivity contribution in [1.29, 1.82) is 0 Å². The number of hydrogen-bond donors (Lipinski definition) is 0. The van der Waals surface area contributed by atoms with Crippen LogP contribution in [-0.2, 0) is 11.3 Å². The molecular formula is C22H26F2N2O. The zero-order chi connectivity index (χ0) is 19.4. The Labute approximate surface area is 159 Å². The van der Waals surface area contributed by atoms with Crippen molar-refractivity contribution in [3.8, 4) is 0 Å². The Balaban J connectivity index is 1.68. The predicted molar refractivity (Wildman–Crippen MR) is 103 cm³/mol. The number of likely N-dealkylation sites (tertiary alicyclic amines) is 1. The first kappa shape index (κ1) is 19.5. The van der Waals surface area contributed by atoms with Crippen LogP contribution in [-0.4, -0.2) is 29.9 Å². The summed E-state index contributed by atoms with van der Waals surface area (Å²) >= 11 is 0. The molecule has 2 aromatic carbocycles. The van der Waals surface area contributed by atoms with E-state index >= 15 is 0 Å². The quantitative estimate of drug-likeness (QED) is 0.765. The molecule has 1 aliphatic rings. The van der Waals surface area contributed by atoms with Crippen LogP contribution in [0.15, 0.2) is 48.5 Å². The Morgan fingerprint density at radius 2 is 1.78 bits per heavy atom. The second kappa shape index (κ2) is 8.61. The van der Waals surface area contributed by atoms with E-state index in [2.05, 4.69) is 4.90 Å². The van der Waals surface area contributed by atoms with Gasteiger partial charge in [0, 0.05) is 48.9 Å². The summed E-state index contributed by atoms with van der Waals surface area (Å²) in [5, 5.41) is 0. The van der Waals surface area contributed by atoms with Crippen molar-refractivity contribution >= 4 is 11.6 Å². The van der Waals surface area contributed by atoms with Gasteiger partial charge in [0.1, 0.15) is 11.6 Å². The van der Waals surface area contributed by atoms with Crippen molar-refractivity contribution in [3.63, 3.8) is 0 Å². The Bertz CT molecular complexity index is 771. The van der Waals surface area contributed by atoms with Gasteiger partial charge in [-0.1, -0.05) is 38.1 Å². The first-order chi connectivity index (χ1) is 13.0. The van der Waals surface area contributed by atoms with Crippen LogP contribution >= 0.6 is 0 Å². The normalized spacial score (nSPS) is 15.9. The Morgan fingerprint density at radius 1 is 1.11 bits per heavy atom. The van der Waals surface area contributed by atoms with E-state index in [-0.39, 0.29) is 17.9 Å². The number of anilines is 1. The molecule has 1 aliphatic heterocycles. The van der Waals surface area contributed by atoms with Crippen molar-refractivity contribution in [2.45, 2.75) is 39.3 Å². The van der Waals surface area contributed by atoms with Crippen molar-refractivity contribution in [3.05, 3.63) is 65.7 Å². The van der Waals surface area contributed by atoms with E-state index in [0.29, 0.717) is 12.1 Å².